The monoisotopic (exact) mass is 300 g/mol. The zero-order valence-electron chi connectivity index (χ0n) is 12.1. The predicted octanol–water partition coefficient (Wildman–Crippen LogP) is 4.30. The number of likely N-dealkylation sites (N-methyl/N-ethyl adjacent to an activating group) is 1. The van der Waals surface area contributed by atoms with Gasteiger partial charge in [-0.2, -0.15) is 0 Å². The molecule has 108 valence electrons. The predicted molar refractivity (Wildman–Crippen MR) is 84.9 cm³/mol. The number of hydrogen-bond donors (Lipinski definition) is 1. The summed E-state index contributed by atoms with van der Waals surface area (Å²) in [7, 11) is 2.23. The van der Waals surface area contributed by atoms with Gasteiger partial charge in [0, 0.05) is 17.0 Å². The van der Waals surface area contributed by atoms with Gasteiger partial charge in [0.2, 0.25) is 0 Å². The molecule has 1 aliphatic carbocycles. The van der Waals surface area contributed by atoms with Crippen molar-refractivity contribution in [1.82, 2.24) is 4.90 Å². The van der Waals surface area contributed by atoms with Crippen LogP contribution >= 0.6 is 22.9 Å². The van der Waals surface area contributed by atoms with E-state index in [0.29, 0.717) is 6.04 Å². The molecule has 0 spiro atoms. The van der Waals surface area contributed by atoms with Gasteiger partial charge in [0.1, 0.15) is 0 Å². The molecule has 0 aliphatic heterocycles. The molecule has 2 N–H and O–H groups in total. The third kappa shape index (κ3) is 3.52. The van der Waals surface area contributed by atoms with E-state index < -0.39 is 0 Å². The fraction of sp³-hybridized carbons (Fsp3) is 0.733. The van der Waals surface area contributed by atoms with Crippen LogP contribution in [0.2, 0.25) is 4.34 Å². The molecule has 0 amide bonds. The van der Waals surface area contributed by atoms with E-state index >= 15 is 0 Å². The second-order valence-electron chi connectivity index (χ2n) is 5.94. The van der Waals surface area contributed by atoms with Crippen LogP contribution in [0.5, 0.6) is 0 Å². The summed E-state index contributed by atoms with van der Waals surface area (Å²) in [5.41, 5.74) is 6.25. The quantitative estimate of drug-likeness (QED) is 0.898. The molecule has 0 aromatic carbocycles. The van der Waals surface area contributed by atoms with Crippen molar-refractivity contribution in [1.29, 1.82) is 0 Å². The van der Waals surface area contributed by atoms with E-state index in [2.05, 4.69) is 31.9 Å². The Kier molecular flexibility index (Phi) is 5.29. The molecular weight excluding hydrogens is 276 g/mol. The maximum atomic E-state index is 6.25. The lowest BCUT2D eigenvalue weighted by molar-refractivity contribution is 0.0875. The maximum absolute atomic E-state index is 6.25. The van der Waals surface area contributed by atoms with Gasteiger partial charge in [-0.1, -0.05) is 31.4 Å². The number of thiophene rings is 1. The van der Waals surface area contributed by atoms with Crippen molar-refractivity contribution >= 4 is 22.9 Å². The summed E-state index contributed by atoms with van der Waals surface area (Å²) in [5.74, 6) is 0.760. The third-order valence-electron chi connectivity index (χ3n) is 4.41. The Hall–Kier alpha value is -0.0900. The van der Waals surface area contributed by atoms with E-state index in [4.69, 9.17) is 17.3 Å². The molecule has 2 rings (SSSR count). The van der Waals surface area contributed by atoms with Gasteiger partial charge in [-0.25, -0.2) is 0 Å². The Labute approximate surface area is 125 Å². The van der Waals surface area contributed by atoms with Crippen LogP contribution in [0.25, 0.3) is 0 Å². The van der Waals surface area contributed by atoms with Crippen LogP contribution in [-0.2, 0) is 0 Å². The van der Waals surface area contributed by atoms with Gasteiger partial charge in [-0.3, -0.25) is 4.90 Å². The van der Waals surface area contributed by atoms with Crippen molar-refractivity contribution in [2.24, 2.45) is 11.7 Å². The Morgan fingerprint density at radius 3 is 2.58 bits per heavy atom. The molecule has 1 saturated carbocycles. The molecule has 4 unspecified atom stereocenters. The fourth-order valence-corrected chi connectivity index (χ4v) is 4.76. The van der Waals surface area contributed by atoms with Crippen LogP contribution in [0.1, 0.15) is 50.4 Å². The zero-order chi connectivity index (χ0) is 14.0. The fourth-order valence-electron chi connectivity index (χ4n) is 3.43. The van der Waals surface area contributed by atoms with Gasteiger partial charge in [-0.15, -0.1) is 11.3 Å². The number of rotatable bonds is 4. The molecule has 4 heteroatoms. The van der Waals surface area contributed by atoms with Crippen LogP contribution in [-0.4, -0.2) is 24.0 Å². The standard InChI is InChI=1S/C15H25ClN2S/c1-10-6-4-5-7-12(10)18(3)15(11(2)17)13-8-9-14(16)19-13/h8-12,15H,4-7,17H2,1-3H3. The van der Waals surface area contributed by atoms with Gasteiger partial charge >= 0.3 is 0 Å². The topological polar surface area (TPSA) is 29.3 Å². The molecule has 0 bridgehead atoms. The first kappa shape index (κ1) is 15.3. The summed E-state index contributed by atoms with van der Waals surface area (Å²) in [4.78, 5) is 3.79. The second kappa shape index (κ2) is 6.57. The number of halogens is 1. The maximum Gasteiger partial charge on any atom is 0.0931 e. The molecule has 1 aromatic heterocycles. The van der Waals surface area contributed by atoms with Crippen LogP contribution < -0.4 is 5.73 Å². The Morgan fingerprint density at radius 1 is 1.37 bits per heavy atom. The van der Waals surface area contributed by atoms with Crippen molar-refractivity contribution < 1.29 is 0 Å². The van der Waals surface area contributed by atoms with Crippen molar-refractivity contribution in [3.8, 4) is 0 Å². The zero-order valence-corrected chi connectivity index (χ0v) is 13.7. The minimum Gasteiger partial charge on any atom is -0.326 e. The smallest absolute Gasteiger partial charge is 0.0931 e. The lowest BCUT2D eigenvalue weighted by Crippen LogP contribution is -2.46. The van der Waals surface area contributed by atoms with E-state index in [9.17, 15) is 0 Å². The Morgan fingerprint density at radius 2 is 2.05 bits per heavy atom. The summed E-state index contributed by atoms with van der Waals surface area (Å²) < 4.78 is 0.853. The highest BCUT2D eigenvalue weighted by molar-refractivity contribution is 7.16. The van der Waals surface area contributed by atoms with Gasteiger partial charge < -0.3 is 5.73 Å². The molecule has 1 heterocycles. The van der Waals surface area contributed by atoms with Crippen molar-refractivity contribution in [3.63, 3.8) is 0 Å². The molecule has 1 fully saturated rings. The molecule has 0 saturated heterocycles. The lowest BCUT2D eigenvalue weighted by atomic mass is 9.84. The van der Waals surface area contributed by atoms with E-state index in [-0.39, 0.29) is 12.1 Å². The van der Waals surface area contributed by atoms with E-state index in [1.165, 1.54) is 30.6 Å². The molecule has 2 nitrogen and oxygen atoms in total. The van der Waals surface area contributed by atoms with Gasteiger partial charge in [0.15, 0.2) is 0 Å². The summed E-state index contributed by atoms with van der Waals surface area (Å²) in [5, 5.41) is 0. The van der Waals surface area contributed by atoms with Gasteiger partial charge in [-0.05, 0) is 44.9 Å². The highest BCUT2D eigenvalue weighted by Crippen LogP contribution is 2.36. The minimum atomic E-state index is 0.119. The van der Waals surface area contributed by atoms with Gasteiger partial charge in [0.25, 0.3) is 0 Å². The Bertz CT molecular complexity index is 405. The second-order valence-corrected chi connectivity index (χ2v) is 7.69. The first-order valence-corrected chi connectivity index (χ1v) is 8.43. The summed E-state index contributed by atoms with van der Waals surface area (Å²) in [6, 6.07) is 5.16. The first-order chi connectivity index (χ1) is 9.00. The average Bonchev–Trinajstić information content (AvgIpc) is 2.75. The van der Waals surface area contributed by atoms with Crippen LogP contribution in [0.15, 0.2) is 12.1 Å². The number of nitrogens with zero attached hydrogens (tertiary/aromatic N) is 1. The summed E-state index contributed by atoms with van der Waals surface area (Å²) in [6.07, 6.45) is 5.35. The largest absolute Gasteiger partial charge is 0.326 e. The first-order valence-electron chi connectivity index (χ1n) is 7.23. The van der Waals surface area contributed by atoms with Crippen LogP contribution in [0.4, 0.5) is 0 Å². The normalized spacial score (nSPS) is 27.5. The van der Waals surface area contributed by atoms with Crippen molar-refractivity contribution in [3.05, 3.63) is 21.3 Å². The van der Waals surface area contributed by atoms with Crippen molar-refractivity contribution in [2.75, 3.05) is 7.05 Å². The summed E-state index contributed by atoms with van der Waals surface area (Å²) >= 11 is 7.75. The number of hydrogen-bond acceptors (Lipinski definition) is 3. The lowest BCUT2D eigenvalue weighted by Gasteiger charge is -2.42. The van der Waals surface area contributed by atoms with Crippen molar-refractivity contribution in [2.45, 2.75) is 57.7 Å². The highest BCUT2D eigenvalue weighted by atomic mass is 35.5. The molecule has 1 aromatic rings. The van der Waals surface area contributed by atoms with Crippen LogP contribution in [0, 0.1) is 5.92 Å². The molecule has 19 heavy (non-hydrogen) atoms. The van der Waals surface area contributed by atoms with Crippen LogP contribution in [0.3, 0.4) is 0 Å². The molecule has 0 radical (unpaired) electrons. The Balaban J connectivity index is 2.18. The minimum absolute atomic E-state index is 0.119. The van der Waals surface area contributed by atoms with Gasteiger partial charge in [0.05, 0.1) is 10.4 Å². The summed E-state index contributed by atoms with van der Waals surface area (Å²) in [6.45, 7) is 4.47. The molecular formula is C15H25ClN2S. The third-order valence-corrected chi connectivity index (χ3v) is 5.71. The molecule has 1 aliphatic rings. The highest BCUT2D eigenvalue weighted by Gasteiger charge is 2.32. The molecule has 4 atom stereocenters. The number of nitrogens with two attached hydrogens (primary N) is 1. The van der Waals surface area contributed by atoms with E-state index in [1.54, 1.807) is 11.3 Å². The average molecular weight is 301 g/mol. The van der Waals surface area contributed by atoms with E-state index in [0.717, 1.165) is 10.3 Å². The SMILES string of the molecule is CC(N)C(c1ccc(Cl)s1)N(C)C1CCCCC1C. The van der Waals surface area contributed by atoms with E-state index in [1.807, 2.05) is 6.07 Å².